The van der Waals surface area contributed by atoms with Crippen LogP contribution in [0.25, 0.3) is 34.2 Å². The maximum atomic E-state index is 14.0. The first kappa shape index (κ1) is 34.2. The Hall–Kier alpha value is -6.14. The van der Waals surface area contributed by atoms with Crippen molar-refractivity contribution in [2.45, 2.75) is 32.1 Å². The molecule has 254 valence electrons. The molecule has 0 atom stereocenters. The van der Waals surface area contributed by atoms with Crippen LogP contribution in [0.1, 0.15) is 62.0 Å². The molecule has 0 aliphatic carbocycles. The number of benzene rings is 2. The van der Waals surface area contributed by atoms with Crippen molar-refractivity contribution < 1.29 is 50.9 Å². The fraction of sp³-hybridized carbons (Fsp3) is 0.200. The number of unbranched alkanes of at least 4 members (excludes halogenated alkanes) is 1. The Morgan fingerprint density at radius 1 is 0.735 bits per heavy atom. The van der Waals surface area contributed by atoms with Gasteiger partial charge in [-0.1, -0.05) is 35.9 Å². The molecule has 0 saturated heterocycles. The van der Waals surface area contributed by atoms with Gasteiger partial charge in [-0.3, -0.25) is 4.79 Å². The number of amides is 1. The average Bonchev–Trinajstić information content (AvgIpc) is 3.74. The lowest BCUT2D eigenvalue weighted by Crippen LogP contribution is -2.24. The van der Waals surface area contributed by atoms with Crippen molar-refractivity contribution in [2.75, 3.05) is 6.54 Å². The quantitative estimate of drug-likeness (QED) is 0.125. The van der Waals surface area contributed by atoms with Crippen LogP contribution < -0.4 is 5.32 Å². The SMILES string of the molecule is CCCCNC(=O)c1cc(-c2cn(-c3cccc(C(=O)O)c3C(F)(F)F)nn2)nc(-c2cn(-c3cccc(C(=O)O)c3C(F)(F)F)nn2)c1. The molecule has 2 aromatic carbocycles. The zero-order valence-corrected chi connectivity index (χ0v) is 24.9. The highest BCUT2D eigenvalue weighted by Crippen LogP contribution is 2.38. The average molecular weight is 689 g/mol. The third-order valence-electron chi connectivity index (χ3n) is 7.02. The molecular formula is C30H22F6N8O5. The van der Waals surface area contributed by atoms with Crippen molar-refractivity contribution in [1.82, 2.24) is 40.3 Å². The van der Waals surface area contributed by atoms with Gasteiger partial charge < -0.3 is 15.5 Å². The summed E-state index contributed by atoms with van der Waals surface area (Å²) in [7, 11) is 0. The number of aromatic carboxylic acids is 2. The van der Waals surface area contributed by atoms with Gasteiger partial charge in [-0.25, -0.2) is 23.9 Å². The van der Waals surface area contributed by atoms with Crippen LogP contribution in [0.5, 0.6) is 0 Å². The molecule has 5 aromatic rings. The molecule has 0 aliphatic heterocycles. The number of pyridine rings is 1. The predicted molar refractivity (Wildman–Crippen MR) is 156 cm³/mol. The number of aromatic nitrogens is 7. The van der Waals surface area contributed by atoms with Crippen molar-refractivity contribution in [2.24, 2.45) is 0 Å². The van der Waals surface area contributed by atoms with Gasteiger partial charge in [0.1, 0.15) is 11.4 Å². The highest BCUT2D eigenvalue weighted by Gasteiger charge is 2.40. The molecular weight excluding hydrogens is 666 g/mol. The van der Waals surface area contributed by atoms with Gasteiger partial charge >= 0.3 is 24.3 Å². The van der Waals surface area contributed by atoms with Crippen molar-refractivity contribution >= 4 is 17.8 Å². The summed E-state index contributed by atoms with van der Waals surface area (Å²) in [6, 6.07) is 8.21. The van der Waals surface area contributed by atoms with Crippen LogP contribution in [0.2, 0.25) is 0 Å². The van der Waals surface area contributed by atoms with Crippen LogP contribution >= 0.6 is 0 Å². The molecule has 19 heteroatoms. The normalized spacial score (nSPS) is 11.8. The number of nitrogens with zero attached hydrogens (tertiary/aromatic N) is 7. The first-order chi connectivity index (χ1) is 23.1. The third kappa shape index (κ3) is 7.09. The fourth-order valence-electron chi connectivity index (χ4n) is 4.82. The number of rotatable bonds is 10. The Kier molecular flexibility index (Phi) is 9.19. The lowest BCUT2D eigenvalue weighted by molar-refractivity contribution is -0.138. The highest BCUT2D eigenvalue weighted by molar-refractivity contribution is 5.96. The molecule has 0 spiro atoms. The van der Waals surface area contributed by atoms with E-state index < -0.39 is 63.8 Å². The molecule has 0 fully saturated rings. The summed E-state index contributed by atoms with van der Waals surface area (Å²) in [6.07, 6.45) is -6.77. The molecule has 0 aliphatic rings. The minimum atomic E-state index is -5.10. The van der Waals surface area contributed by atoms with Gasteiger partial charge in [0.25, 0.3) is 5.91 Å². The number of carbonyl (C=O) groups is 3. The monoisotopic (exact) mass is 688 g/mol. The summed E-state index contributed by atoms with van der Waals surface area (Å²) < 4.78 is 85.3. The van der Waals surface area contributed by atoms with E-state index in [0.29, 0.717) is 15.8 Å². The van der Waals surface area contributed by atoms with Crippen LogP contribution in [-0.2, 0) is 12.4 Å². The van der Waals surface area contributed by atoms with Gasteiger partial charge in [0.05, 0.1) is 57.4 Å². The molecule has 13 nitrogen and oxygen atoms in total. The van der Waals surface area contributed by atoms with Crippen molar-refractivity contribution in [1.29, 1.82) is 0 Å². The number of hydrogen-bond acceptors (Lipinski definition) is 8. The van der Waals surface area contributed by atoms with Gasteiger partial charge in [0.2, 0.25) is 0 Å². The summed E-state index contributed by atoms with van der Waals surface area (Å²) in [5.41, 5.74) is -6.96. The molecule has 1 amide bonds. The molecule has 0 radical (unpaired) electrons. The predicted octanol–water partition coefficient (Wildman–Crippen LogP) is 5.54. The van der Waals surface area contributed by atoms with Crippen LogP contribution in [0.15, 0.2) is 60.9 Å². The van der Waals surface area contributed by atoms with E-state index in [9.17, 15) is 50.9 Å². The topological polar surface area (TPSA) is 178 Å². The summed E-state index contributed by atoms with van der Waals surface area (Å²) in [5.74, 6) is -4.25. The Balaban J connectivity index is 1.63. The summed E-state index contributed by atoms with van der Waals surface area (Å²) in [4.78, 5) is 40.6. The number of hydrogen-bond donors (Lipinski definition) is 3. The number of nitrogens with one attached hydrogen (secondary N) is 1. The third-order valence-corrected chi connectivity index (χ3v) is 7.02. The fourth-order valence-corrected chi connectivity index (χ4v) is 4.82. The van der Waals surface area contributed by atoms with Crippen molar-refractivity contribution in [3.05, 3.63) is 88.7 Å². The van der Waals surface area contributed by atoms with E-state index in [-0.39, 0.29) is 34.9 Å². The summed E-state index contributed by atoms with van der Waals surface area (Å²) in [5, 5.41) is 36.6. The number of carbonyl (C=O) groups excluding carboxylic acids is 1. The minimum absolute atomic E-state index is 0.0343. The molecule has 0 saturated carbocycles. The first-order valence-corrected chi connectivity index (χ1v) is 14.1. The molecule has 0 unspecified atom stereocenters. The van der Waals surface area contributed by atoms with Crippen LogP contribution in [-0.4, -0.2) is 69.6 Å². The van der Waals surface area contributed by atoms with Gasteiger partial charge in [-0.15, -0.1) is 10.2 Å². The minimum Gasteiger partial charge on any atom is -0.478 e. The molecule has 3 aromatic heterocycles. The van der Waals surface area contributed by atoms with Crippen LogP contribution in [0.3, 0.4) is 0 Å². The Morgan fingerprint density at radius 2 is 1.18 bits per heavy atom. The van der Waals surface area contributed by atoms with E-state index in [0.717, 1.165) is 55.2 Å². The smallest absolute Gasteiger partial charge is 0.419 e. The van der Waals surface area contributed by atoms with E-state index >= 15 is 0 Å². The molecule has 3 heterocycles. The summed E-state index contributed by atoms with van der Waals surface area (Å²) >= 11 is 0. The zero-order valence-electron chi connectivity index (χ0n) is 24.9. The second-order valence-corrected chi connectivity index (χ2v) is 10.3. The van der Waals surface area contributed by atoms with Gasteiger partial charge in [0.15, 0.2) is 0 Å². The standard InChI is InChI=1S/C30H22F6N8O5/c1-2-3-10-37-26(45)15-11-18(20-13-43(41-39-20)22-8-4-6-16(27(46)47)24(22)29(31,32)33)38-19(12-15)21-14-44(42-40-21)23-9-5-7-17(28(48)49)25(23)30(34,35)36/h4-9,11-14H,2-3,10H2,1H3,(H,37,45)(H,46,47)(H,48,49). The van der Waals surface area contributed by atoms with Gasteiger partial charge in [-0.05, 0) is 42.8 Å². The van der Waals surface area contributed by atoms with E-state index in [1.165, 1.54) is 12.1 Å². The second kappa shape index (κ2) is 13.2. The molecule has 3 N–H and O–H groups in total. The van der Waals surface area contributed by atoms with E-state index in [1.54, 1.807) is 0 Å². The lowest BCUT2D eigenvalue weighted by Gasteiger charge is -2.14. The Labute approximate surface area is 270 Å². The van der Waals surface area contributed by atoms with E-state index in [2.05, 4.69) is 30.9 Å². The lowest BCUT2D eigenvalue weighted by atomic mass is 10.0. The van der Waals surface area contributed by atoms with Crippen molar-refractivity contribution in [3.8, 4) is 34.2 Å². The first-order valence-electron chi connectivity index (χ1n) is 14.1. The molecule has 5 rings (SSSR count). The number of alkyl halides is 6. The van der Waals surface area contributed by atoms with Crippen LogP contribution in [0.4, 0.5) is 26.3 Å². The summed E-state index contributed by atoms with van der Waals surface area (Å²) in [6.45, 7) is 2.18. The Morgan fingerprint density at radius 3 is 1.57 bits per heavy atom. The largest absolute Gasteiger partial charge is 0.478 e. The molecule has 49 heavy (non-hydrogen) atoms. The maximum Gasteiger partial charge on any atom is 0.419 e. The Bertz CT molecular complexity index is 1940. The number of halogens is 6. The van der Waals surface area contributed by atoms with E-state index in [4.69, 9.17) is 0 Å². The van der Waals surface area contributed by atoms with Crippen LogP contribution in [0, 0.1) is 0 Å². The number of carboxylic acids is 2. The van der Waals surface area contributed by atoms with E-state index in [1.807, 2.05) is 6.92 Å². The van der Waals surface area contributed by atoms with Gasteiger partial charge in [-0.2, -0.15) is 26.3 Å². The highest BCUT2D eigenvalue weighted by atomic mass is 19.4. The van der Waals surface area contributed by atoms with Crippen molar-refractivity contribution in [3.63, 3.8) is 0 Å². The number of carboxylic acid groups (broad SMARTS) is 2. The second-order valence-electron chi connectivity index (χ2n) is 10.3. The van der Waals surface area contributed by atoms with Gasteiger partial charge in [0, 0.05) is 12.1 Å². The zero-order chi connectivity index (χ0) is 35.7. The maximum absolute atomic E-state index is 14.0. The molecule has 0 bridgehead atoms.